The maximum absolute atomic E-state index is 13.2. The van der Waals surface area contributed by atoms with E-state index in [-0.39, 0.29) is 12.4 Å². The molecular formula is C12H12FNO4. The van der Waals surface area contributed by atoms with Crippen LogP contribution in [0.15, 0.2) is 18.2 Å². The van der Waals surface area contributed by atoms with Crippen molar-refractivity contribution in [2.75, 3.05) is 0 Å². The fourth-order valence-corrected chi connectivity index (χ4v) is 1.23. The molecule has 0 aromatic heterocycles. The van der Waals surface area contributed by atoms with Gasteiger partial charge in [-0.3, -0.25) is 9.59 Å². The molecule has 5 nitrogen and oxygen atoms in total. The van der Waals surface area contributed by atoms with E-state index in [1.807, 2.05) is 0 Å². The van der Waals surface area contributed by atoms with E-state index >= 15 is 0 Å². The van der Waals surface area contributed by atoms with Crippen molar-refractivity contribution in [3.05, 3.63) is 35.1 Å². The van der Waals surface area contributed by atoms with Crippen LogP contribution < -0.4 is 5.32 Å². The Morgan fingerprint density at radius 2 is 2.00 bits per heavy atom. The van der Waals surface area contributed by atoms with Crippen molar-refractivity contribution in [3.63, 3.8) is 0 Å². The third-order valence-corrected chi connectivity index (χ3v) is 2.29. The maximum Gasteiger partial charge on any atom is 0.372 e. The highest BCUT2D eigenvalue weighted by atomic mass is 19.1. The summed E-state index contributed by atoms with van der Waals surface area (Å²) in [7, 11) is 0. The number of benzene rings is 1. The van der Waals surface area contributed by atoms with Crippen molar-refractivity contribution >= 4 is 17.7 Å². The van der Waals surface area contributed by atoms with Crippen LogP contribution in [0.25, 0.3) is 0 Å². The number of carbonyl (C=O) groups excluding carboxylic acids is 2. The monoisotopic (exact) mass is 253 g/mol. The molecule has 0 heterocycles. The van der Waals surface area contributed by atoms with Crippen molar-refractivity contribution in [1.29, 1.82) is 0 Å². The number of Topliss-reactive ketones (excluding diaryl/α,β-unsaturated/α-hetero) is 1. The zero-order valence-electron chi connectivity index (χ0n) is 9.70. The molecule has 0 aliphatic carbocycles. The average Bonchev–Trinajstić information content (AvgIpc) is 2.30. The van der Waals surface area contributed by atoms with E-state index in [0.29, 0.717) is 11.1 Å². The molecule has 0 aliphatic heterocycles. The highest BCUT2D eigenvalue weighted by Crippen LogP contribution is 2.08. The van der Waals surface area contributed by atoms with Gasteiger partial charge in [-0.05, 0) is 24.1 Å². The van der Waals surface area contributed by atoms with Crippen LogP contribution in [-0.4, -0.2) is 22.8 Å². The molecule has 0 spiro atoms. The van der Waals surface area contributed by atoms with Crippen molar-refractivity contribution in [1.82, 2.24) is 5.32 Å². The summed E-state index contributed by atoms with van der Waals surface area (Å²) in [6.07, 6.45) is -0.719. The minimum absolute atomic E-state index is 0.0446. The molecule has 0 bridgehead atoms. The standard InChI is InChI=1S/C12H12FNO4/c1-7-2-3-8(4-9(7)13)6-14-11(16)5-10(15)12(17)18/h2-4H,5-6H2,1H3,(H,14,16)(H,17,18). The van der Waals surface area contributed by atoms with E-state index < -0.39 is 24.1 Å². The van der Waals surface area contributed by atoms with Gasteiger partial charge in [0.05, 0.1) is 6.42 Å². The lowest BCUT2D eigenvalue weighted by Crippen LogP contribution is -2.28. The number of ketones is 1. The van der Waals surface area contributed by atoms with E-state index in [1.165, 1.54) is 6.07 Å². The van der Waals surface area contributed by atoms with Crippen LogP contribution in [0.1, 0.15) is 17.5 Å². The highest BCUT2D eigenvalue weighted by molar-refractivity contribution is 6.36. The first kappa shape index (κ1) is 13.8. The zero-order valence-corrected chi connectivity index (χ0v) is 9.70. The molecule has 96 valence electrons. The molecule has 1 amide bonds. The average molecular weight is 253 g/mol. The molecule has 0 unspecified atom stereocenters. The Morgan fingerprint density at radius 3 is 2.56 bits per heavy atom. The summed E-state index contributed by atoms with van der Waals surface area (Å²) in [6.45, 7) is 1.66. The van der Waals surface area contributed by atoms with Gasteiger partial charge in [0.1, 0.15) is 5.82 Å². The number of carboxylic acids is 1. The van der Waals surface area contributed by atoms with Gasteiger partial charge in [-0.15, -0.1) is 0 Å². The van der Waals surface area contributed by atoms with Crippen LogP contribution >= 0.6 is 0 Å². The number of aliphatic carboxylic acids is 1. The van der Waals surface area contributed by atoms with Gasteiger partial charge in [0.15, 0.2) is 0 Å². The lowest BCUT2D eigenvalue weighted by molar-refractivity contribution is -0.150. The molecule has 0 saturated carbocycles. The number of aryl methyl sites for hydroxylation is 1. The number of hydrogen-bond acceptors (Lipinski definition) is 3. The Hall–Kier alpha value is -2.24. The summed E-state index contributed by atoms with van der Waals surface area (Å²) in [5, 5.41) is 10.6. The molecule has 0 aliphatic rings. The number of carbonyl (C=O) groups is 3. The number of hydrogen-bond donors (Lipinski definition) is 2. The van der Waals surface area contributed by atoms with Crippen LogP contribution in [-0.2, 0) is 20.9 Å². The number of rotatable bonds is 5. The molecule has 0 fully saturated rings. The minimum Gasteiger partial charge on any atom is -0.475 e. The summed E-state index contributed by atoms with van der Waals surface area (Å²) in [6, 6.07) is 4.48. The molecule has 0 saturated heterocycles. The largest absolute Gasteiger partial charge is 0.475 e. The lowest BCUT2D eigenvalue weighted by atomic mass is 10.1. The quantitative estimate of drug-likeness (QED) is 0.600. The first-order valence-electron chi connectivity index (χ1n) is 5.18. The molecule has 0 atom stereocenters. The molecule has 18 heavy (non-hydrogen) atoms. The van der Waals surface area contributed by atoms with E-state index in [9.17, 15) is 18.8 Å². The van der Waals surface area contributed by atoms with Gasteiger partial charge in [-0.25, -0.2) is 9.18 Å². The summed E-state index contributed by atoms with van der Waals surface area (Å²) >= 11 is 0. The Balaban J connectivity index is 2.50. The number of nitrogens with one attached hydrogen (secondary N) is 1. The summed E-state index contributed by atoms with van der Waals surface area (Å²) < 4.78 is 13.2. The van der Waals surface area contributed by atoms with Gasteiger partial charge in [-0.2, -0.15) is 0 Å². The molecule has 6 heteroatoms. The Labute approximate surface area is 103 Å². The molecular weight excluding hydrogens is 241 g/mol. The third-order valence-electron chi connectivity index (χ3n) is 2.29. The molecule has 0 radical (unpaired) electrons. The summed E-state index contributed by atoms with van der Waals surface area (Å²) in [5.74, 6) is -3.92. The number of carboxylic acid groups (broad SMARTS) is 1. The van der Waals surface area contributed by atoms with E-state index in [1.54, 1.807) is 19.1 Å². The van der Waals surface area contributed by atoms with Crippen LogP contribution in [0.3, 0.4) is 0 Å². The first-order valence-corrected chi connectivity index (χ1v) is 5.18. The maximum atomic E-state index is 13.2. The molecule has 1 aromatic rings. The normalized spacial score (nSPS) is 9.89. The van der Waals surface area contributed by atoms with Gasteiger partial charge >= 0.3 is 5.97 Å². The van der Waals surface area contributed by atoms with Crippen LogP contribution in [0.2, 0.25) is 0 Å². The topological polar surface area (TPSA) is 83.5 Å². The summed E-state index contributed by atoms with van der Waals surface area (Å²) in [5.41, 5.74) is 1.03. The van der Waals surface area contributed by atoms with E-state index in [4.69, 9.17) is 5.11 Å². The van der Waals surface area contributed by atoms with Gasteiger partial charge in [0.25, 0.3) is 0 Å². The summed E-state index contributed by atoms with van der Waals surface area (Å²) in [4.78, 5) is 32.1. The van der Waals surface area contributed by atoms with Gasteiger partial charge in [0.2, 0.25) is 11.7 Å². The van der Waals surface area contributed by atoms with Gasteiger partial charge < -0.3 is 10.4 Å². The first-order chi connectivity index (χ1) is 8.40. The van der Waals surface area contributed by atoms with Crippen molar-refractivity contribution in [2.45, 2.75) is 19.9 Å². The Kier molecular flexibility index (Phi) is 4.53. The van der Waals surface area contributed by atoms with Crippen LogP contribution in [0.4, 0.5) is 4.39 Å². The van der Waals surface area contributed by atoms with Crippen molar-refractivity contribution < 1.29 is 23.9 Å². The predicted octanol–water partition coefficient (Wildman–Crippen LogP) is 0.794. The SMILES string of the molecule is Cc1ccc(CNC(=O)CC(=O)C(=O)O)cc1F. The smallest absolute Gasteiger partial charge is 0.372 e. The fraction of sp³-hybridized carbons (Fsp3) is 0.250. The zero-order chi connectivity index (χ0) is 13.7. The predicted molar refractivity (Wildman–Crippen MR) is 60.2 cm³/mol. The van der Waals surface area contributed by atoms with E-state index in [2.05, 4.69) is 5.32 Å². The molecule has 1 rings (SSSR count). The fourth-order valence-electron chi connectivity index (χ4n) is 1.23. The Bertz CT molecular complexity index is 499. The Morgan fingerprint density at radius 1 is 1.33 bits per heavy atom. The second-order valence-corrected chi connectivity index (χ2v) is 3.77. The molecule has 2 N–H and O–H groups in total. The van der Waals surface area contributed by atoms with Crippen molar-refractivity contribution in [3.8, 4) is 0 Å². The van der Waals surface area contributed by atoms with Crippen molar-refractivity contribution in [2.24, 2.45) is 0 Å². The number of halogens is 1. The third kappa shape index (κ3) is 3.97. The van der Waals surface area contributed by atoms with Gasteiger partial charge in [-0.1, -0.05) is 12.1 Å². The van der Waals surface area contributed by atoms with E-state index in [0.717, 1.165) is 0 Å². The lowest BCUT2D eigenvalue weighted by Gasteiger charge is -2.05. The second-order valence-electron chi connectivity index (χ2n) is 3.77. The second kappa shape index (κ2) is 5.90. The highest BCUT2D eigenvalue weighted by Gasteiger charge is 2.16. The molecule has 1 aromatic carbocycles. The minimum atomic E-state index is -1.65. The van der Waals surface area contributed by atoms with Crippen LogP contribution in [0.5, 0.6) is 0 Å². The number of amides is 1. The van der Waals surface area contributed by atoms with Crippen LogP contribution in [0, 0.1) is 12.7 Å². The van der Waals surface area contributed by atoms with Gasteiger partial charge in [0, 0.05) is 6.54 Å².